The van der Waals surface area contributed by atoms with E-state index in [4.69, 9.17) is 4.74 Å². The molecule has 0 saturated carbocycles. The standard InChI is InChI=1S/C9H15NO2/c1-2-12-9(11)7-8-3-5-10-6-4-8/h3,5,8,10H,2,4,6-7H2,1H3. The molecule has 1 N–H and O–H groups in total. The van der Waals surface area contributed by atoms with E-state index in [1.807, 2.05) is 19.2 Å². The third-order valence-electron chi connectivity index (χ3n) is 1.88. The van der Waals surface area contributed by atoms with Crippen molar-refractivity contribution in [3.8, 4) is 0 Å². The molecule has 12 heavy (non-hydrogen) atoms. The summed E-state index contributed by atoms with van der Waals surface area (Å²) in [6.45, 7) is 3.27. The summed E-state index contributed by atoms with van der Waals surface area (Å²) in [6.07, 6.45) is 5.48. The lowest BCUT2D eigenvalue weighted by molar-refractivity contribution is -0.143. The molecule has 0 amide bonds. The third kappa shape index (κ3) is 2.95. The number of rotatable bonds is 3. The fraction of sp³-hybridized carbons (Fsp3) is 0.667. The smallest absolute Gasteiger partial charge is 0.306 e. The predicted molar refractivity (Wildman–Crippen MR) is 46.5 cm³/mol. The van der Waals surface area contributed by atoms with Crippen LogP contribution >= 0.6 is 0 Å². The van der Waals surface area contributed by atoms with Crippen molar-refractivity contribution in [3.63, 3.8) is 0 Å². The molecular formula is C9H15NO2. The molecule has 0 aliphatic carbocycles. The largest absolute Gasteiger partial charge is 0.466 e. The van der Waals surface area contributed by atoms with Gasteiger partial charge in [0.1, 0.15) is 0 Å². The fourth-order valence-corrected chi connectivity index (χ4v) is 1.26. The first-order valence-corrected chi connectivity index (χ1v) is 4.38. The van der Waals surface area contributed by atoms with Crippen molar-refractivity contribution in [2.45, 2.75) is 19.8 Å². The minimum atomic E-state index is -0.0888. The van der Waals surface area contributed by atoms with Crippen molar-refractivity contribution >= 4 is 5.97 Å². The van der Waals surface area contributed by atoms with Crippen LogP contribution in [0.3, 0.4) is 0 Å². The highest BCUT2D eigenvalue weighted by Crippen LogP contribution is 2.13. The number of carbonyl (C=O) groups is 1. The van der Waals surface area contributed by atoms with E-state index in [1.165, 1.54) is 0 Å². The number of ether oxygens (including phenoxy) is 1. The van der Waals surface area contributed by atoms with Crippen molar-refractivity contribution in [3.05, 3.63) is 12.3 Å². The van der Waals surface area contributed by atoms with E-state index < -0.39 is 0 Å². The number of carbonyl (C=O) groups excluding carboxylic acids is 1. The van der Waals surface area contributed by atoms with E-state index in [1.54, 1.807) is 0 Å². The van der Waals surface area contributed by atoms with Crippen molar-refractivity contribution in [1.29, 1.82) is 0 Å². The first-order valence-electron chi connectivity index (χ1n) is 4.38. The Bertz CT molecular complexity index is 177. The van der Waals surface area contributed by atoms with Gasteiger partial charge in [0, 0.05) is 6.54 Å². The van der Waals surface area contributed by atoms with Crippen LogP contribution in [0, 0.1) is 5.92 Å². The third-order valence-corrected chi connectivity index (χ3v) is 1.88. The zero-order valence-corrected chi connectivity index (χ0v) is 7.38. The van der Waals surface area contributed by atoms with Gasteiger partial charge < -0.3 is 10.1 Å². The molecule has 1 aliphatic rings. The van der Waals surface area contributed by atoms with Crippen molar-refractivity contribution in [1.82, 2.24) is 5.32 Å². The number of hydrogen-bond acceptors (Lipinski definition) is 3. The molecule has 0 bridgehead atoms. The van der Waals surface area contributed by atoms with E-state index in [0.29, 0.717) is 18.9 Å². The van der Waals surface area contributed by atoms with Crippen LogP contribution in [0.5, 0.6) is 0 Å². The van der Waals surface area contributed by atoms with E-state index in [-0.39, 0.29) is 5.97 Å². The lowest BCUT2D eigenvalue weighted by Crippen LogP contribution is -2.20. The van der Waals surface area contributed by atoms with Crippen molar-refractivity contribution in [2.75, 3.05) is 13.2 Å². The number of allylic oxidation sites excluding steroid dienone is 1. The molecule has 3 nitrogen and oxygen atoms in total. The molecule has 1 heterocycles. The normalized spacial score (nSPS) is 21.6. The molecule has 1 atom stereocenters. The maximum atomic E-state index is 11.0. The van der Waals surface area contributed by atoms with Gasteiger partial charge in [-0.2, -0.15) is 0 Å². The monoisotopic (exact) mass is 169 g/mol. The number of hydrogen-bond donors (Lipinski definition) is 1. The lowest BCUT2D eigenvalue weighted by Gasteiger charge is -2.15. The first-order chi connectivity index (χ1) is 5.83. The van der Waals surface area contributed by atoms with Gasteiger partial charge in [-0.1, -0.05) is 6.08 Å². The zero-order valence-electron chi connectivity index (χ0n) is 7.38. The van der Waals surface area contributed by atoms with Gasteiger partial charge >= 0.3 is 5.97 Å². The Kier molecular flexibility index (Phi) is 3.64. The van der Waals surface area contributed by atoms with Gasteiger partial charge in [-0.15, -0.1) is 0 Å². The lowest BCUT2D eigenvalue weighted by atomic mass is 10.00. The highest BCUT2D eigenvalue weighted by atomic mass is 16.5. The second-order valence-corrected chi connectivity index (χ2v) is 2.87. The summed E-state index contributed by atoms with van der Waals surface area (Å²) < 4.78 is 4.85. The molecule has 0 saturated heterocycles. The van der Waals surface area contributed by atoms with Crippen LogP contribution in [-0.4, -0.2) is 19.1 Å². The van der Waals surface area contributed by atoms with E-state index >= 15 is 0 Å². The minimum Gasteiger partial charge on any atom is -0.466 e. The molecule has 1 aliphatic heterocycles. The predicted octanol–water partition coefficient (Wildman–Crippen LogP) is 1.06. The molecule has 0 fully saturated rings. The van der Waals surface area contributed by atoms with Crippen LogP contribution in [0.25, 0.3) is 0 Å². The van der Waals surface area contributed by atoms with Gasteiger partial charge in [-0.25, -0.2) is 0 Å². The highest BCUT2D eigenvalue weighted by molar-refractivity contribution is 5.69. The highest BCUT2D eigenvalue weighted by Gasteiger charge is 2.13. The average Bonchev–Trinajstić information content (AvgIpc) is 2.06. The van der Waals surface area contributed by atoms with Gasteiger partial charge in [0.25, 0.3) is 0 Å². The number of nitrogens with one attached hydrogen (secondary N) is 1. The van der Waals surface area contributed by atoms with Crippen LogP contribution in [0.4, 0.5) is 0 Å². The summed E-state index contributed by atoms with van der Waals surface area (Å²) in [5.41, 5.74) is 0. The zero-order chi connectivity index (χ0) is 8.81. The maximum absolute atomic E-state index is 11.0. The van der Waals surface area contributed by atoms with E-state index in [9.17, 15) is 4.79 Å². The summed E-state index contributed by atoms with van der Waals surface area (Å²) in [6, 6.07) is 0. The van der Waals surface area contributed by atoms with Crippen LogP contribution in [0.1, 0.15) is 19.8 Å². The molecule has 1 rings (SSSR count). The van der Waals surface area contributed by atoms with Crippen LogP contribution in [-0.2, 0) is 9.53 Å². The van der Waals surface area contributed by atoms with Gasteiger partial charge in [-0.05, 0) is 25.5 Å². The fourth-order valence-electron chi connectivity index (χ4n) is 1.26. The summed E-state index contributed by atoms with van der Waals surface area (Å²) in [7, 11) is 0. The van der Waals surface area contributed by atoms with E-state index in [2.05, 4.69) is 5.32 Å². The van der Waals surface area contributed by atoms with Gasteiger partial charge in [0.05, 0.1) is 13.0 Å². The second kappa shape index (κ2) is 4.80. The molecule has 0 aromatic rings. The molecule has 0 radical (unpaired) electrons. The van der Waals surface area contributed by atoms with Crippen LogP contribution < -0.4 is 5.32 Å². The van der Waals surface area contributed by atoms with Crippen molar-refractivity contribution < 1.29 is 9.53 Å². The summed E-state index contributed by atoms with van der Waals surface area (Å²) in [5, 5.41) is 3.09. The molecule has 68 valence electrons. The molecule has 3 heteroatoms. The molecular weight excluding hydrogens is 154 g/mol. The quantitative estimate of drug-likeness (QED) is 0.642. The van der Waals surface area contributed by atoms with Gasteiger partial charge in [0.15, 0.2) is 0 Å². The Morgan fingerprint density at radius 1 is 1.75 bits per heavy atom. The first kappa shape index (κ1) is 9.10. The summed E-state index contributed by atoms with van der Waals surface area (Å²) >= 11 is 0. The Labute approximate surface area is 72.8 Å². The van der Waals surface area contributed by atoms with Gasteiger partial charge in [0.2, 0.25) is 0 Å². The topological polar surface area (TPSA) is 38.3 Å². The second-order valence-electron chi connectivity index (χ2n) is 2.87. The average molecular weight is 169 g/mol. The molecule has 0 aromatic carbocycles. The van der Waals surface area contributed by atoms with Crippen molar-refractivity contribution in [2.24, 2.45) is 5.92 Å². The van der Waals surface area contributed by atoms with Crippen LogP contribution in [0.2, 0.25) is 0 Å². The molecule has 0 spiro atoms. The molecule has 0 aromatic heterocycles. The Morgan fingerprint density at radius 3 is 3.17 bits per heavy atom. The maximum Gasteiger partial charge on any atom is 0.306 e. The Balaban J connectivity index is 2.25. The van der Waals surface area contributed by atoms with Crippen LogP contribution in [0.15, 0.2) is 12.3 Å². The van der Waals surface area contributed by atoms with Gasteiger partial charge in [-0.3, -0.25) is 4.79 Å². The summed E-state index contributed by atoms with van der Waals surface area (Å²) in [4.78, 5) is 11.0. The number of esters is 1. The van der Waals surface area contributed by atoms with E-state index in [0.717, 1.165) is 13.0 Å². The minimum absolute atomic E-state index is 0.0888. The molecule has 1 unspecified atom stereocenters. The Morgan fingerprint density at radius 2 is 2.58 bits per heavy atom. The Hall–Kier alpha value is -0.990. The SMILES string of the molecule is CCOC(=O)CC1C=CNCC1. The summed E-state index contributed by atoms with van der Waals surface area (Å²) in [5.74, 6) is 0.277.